The SMILES string of the molecule is COc1c(C)cncc1-c1cccnc1Oc1ccc(C(F)(F)CF)cc1. The Bertz CT molecular complexity index is 931. The molecule has 0 N–H and O–H groups in total. The maximum Gasteiger partial charge on any atom is 0.301 e. The van der Waals surface area contributed by atoms with Crippen molar-refractivity contribution < 1.29 is 22.6 Å². The molecule has 0 bridgehead atoms. The van der Waals surface area contributed by atoms with Crippen molar-refractivity contribution >= 4 is 0 Å². The van der Waals surface area contributed by atoms with Gasteiger partial charge in [-0.25, -0.2) is 9.37 Å². The zero-order valence-electron chi connectivity index (χ0n) is 14.7. The summed E-state index contributed by atoms with van der Waals surface area (Å²) in [6.45, 7) is 0.119. The Morgan fingerprint density at radius 1 is 1.04 bits per heavy atom. The third kappa shape index (κ3) is 3.86. The molecule has 1 aromatic carbocycles. The second-order valence-electron chi connectivity index (χ2n) is 5.86. The van der Waals surface area contributed by atoms with Crippen LogP contribution >= 0.6 is 0 Å². The summed E-state index contributed by atoms with van der Waals surface area (Å²) in [6.07, 6.45) is 4.88. The zero-order valence-corrected chi connectivity index (χ0v) is 14.7. The van der Waals surface area contributed by atoms with Crippen LogP contribution < -0.4 is 9.47 Å². The van der Waals surface area contributed by atoms with E-state index in [2.05, 4.69) is 9.97 Å². The second kappa shape index (κ2) is 7.65. The number of hydrogen-bond acceptors (Lipinski definition) is 4. The maximum absolute atomic E-state index is 13.4. The van der Waals surface area contributed by atoms with Crippen molar-refractivity contribution in [1.29, 1.82) is 0 Å². The molecule has 27 heavy (non-hydrogen) atoms. The van der Waals surface area contributed by atoms with Crippen LogP contribution in [-0.2, 0) is 5.92 Å². The van der Waals surface area contributed by atoms with E-state index in [1.165, 1.54) is 12.1 Å². The molecule has 0 fully saturated rings. The van der Waals surface area contributed by atoms with E-state index >= 15 is 0 Å². The molecule has 3 aromatic rings. The number of pyridine rings is 2. The van der Waals surface area contributed by atoms with Gasteiger partial charge in [-0.15, -0.1) is 0 Å². The molecule has 0 atom stereocenters. The topological polar surface area (TPSA) is 44.2 Å². The first-order chi connectivity index (χ1) is 13.0. The third-order valence-electron chi connectivity index (χ3n) is 4.00. The average molecular weight is 374 g/mol. The molecular weight excluding hydrogens is 357 g/mol. The van der Waals surface area contributed by atoms with E-state index in [0.717, 1.165) is 17.7 Å². The van der Waals surface area contributed by atoms with Crippen LogP contribution in [0, 0.1) is 6.92 Å². The summed E-state index contributed by atoms with van der Waals surface area (Å²) in [4.78, 5) is 8.41. The summed E-state index contributed by atoms with van der Waals surface area (Å²) in [5, 5.41) is 0. The Labute approximate surface area is 154 Å². The minimum atomic E-state index is -3.52. The lowest BCUT2D eigenvalue weighted by Crippen LogP contribution is -2.15. The molecule has 0 unspecified atom stereocenters. The molecule has 2 heterocycles. The molecule has 0 radical (unpaired) electrons. The maximum atomic E-state index is 13.4. The van der Waals surface area contributed by atoms with Gasteiger partial charge in [0, 0.05) is 40.8 Å². The molecule has 7 heteroatoms. The summed E-state index contributed by atoms with van der Waals surface area (Å²) in [5.74, 6) is -2.31. The number of aryl methyl sites for hydroxylation is 1. The van der Waals surface area contributed by atoms with Crippen molar-refractivity contribution in [3.8, 4) is 28.5 Å². The van der Waals surface area contributed by atoms with E-state index in [0.29, 0.717) is 22.6 Å². The normalized spacial score (nSPS) is 11.3. The second-order valence-corrected chi connectivity index (χ2v) is 5.86. The van der Waals surface area contributed by atoms with E-state index in [4.69, 9.17) is 9.47 Å². The van der Waals surface area contributed by atoms with Crippen LogP contribution in [0.1, 0.15) is 11.1 Å². The largest absolute Gasteiger partial charge is 0.496 e. The highest BCUT2D eigenvalue weighted by Gasteiger charge is 2.31. The Hall–Kier alpha value is -3.09. The Kier molecular flexibility index (Phi) is 5.30. The molecule has 0 saturated heterocycles. The first-order valence-electron chi connectivity index (χ1n) is 8.12. The van der Waals surface area contributed by atoms with Crippen LogP contribution in [0.15, 0.2) is 55.0 Å². The predicted octanol–water partition coefficient (Wildman–Crippen LogP) is 5.31. The van der Waals surface area contributed by atoms with Gasteiger partial charge in [-0.2, -0.15) is 8.78 Å². The van der Waals surface area contributed by atoms with Gasteiger partial charge in [0.2, 0.25) is 5.88 Å². The van der Waals surface area contributed by atoms with E-state index in [1.54, 1.807) is 37.8 Å². The third-order valence-corrected chi connectivity index (χ3v) is 4.00. The average Bonchev–Trinajstić information content (AvgIpc) is 2.68. The van der Waals surface area contributed by atoms with E-state index in [-0.39, 0.29) is 5.88 Å². The summed E-state index contributed by atoms with van der Waals surface area (Å²) in [7, 11) is 1.56. The summed E-state index contributed by atoms with van der Waals surface area (Å²) in [5.41, 5.74) is 1.77. The Balaban J connectivity index is 1.95. The Morgan fingerprint density at radius 2 is 1.78 bits per heavy atom. The number of halogens is 3. The number of alkyl halides is 3. The van der Waals surface area contributed by atoms with Crippen LogP contribution in [0.25, 0.3) is 11.1 Å². The van der Waals surface area contributed by atoms with Crippen LogP contribution in [0.5, 0.6) is 17.4 Å². The summed E-state index contributed by atoms with van der Waals surface area (Å²) >= 11 is 0. The lowest BCUT2D eigenvalue weighted by molar-refractivity contribution is -0.0281. The van der Waals surface area contributed by atoms with Gasteiger partial charge in [0.05, 0.1) is 7.11 Å². The van der Waals surface area contributed by atoms with Crippen LogP contribution in [0.3, 0.4) is 0 Å². The van der Waals surface area contributed by atoms with Crippen molar-refractivity contribution in [3.63, 3.8) is 0 Å². The number of methoxy groups -OCH3 is 1. The van der Waals surface area contributed by atoms with Crippen LogP contribution in [0.4, 0.5) is 13.2 Å². The summed E-state index contributed by atoms with van der Waals surface area (Å²) < 4.78 is 50.5. The van der Waals surface area contributed by atoms with Gasteiger partial charge in [0.1, 0.15) is 11.5 Å². The highest BCUT2D eigenvalue weighted by Crippen LogP contribution is 2.38. The molecule has 4 nitrogen and oxygen atoms in total. The highest BCUT2D eigenvalue weighted by molar-refractivity contribution is 5.75. The standard InChI is InChI=1S/C20H17F3N2O2/c1-13-10-24-11-17(18(13)26-2)16-4-3-9-25-19(16)27-15-7-5-14(6-8-15)20(22,23)12-21/h3-11H,12H2,1-2H3. The van der Waals surface area contributed by atoms with Gasteiger partial charge in [-0.3, -0.25) is 4.98 Å². The summed E-state index contributed by atoms with van der Waals surface area (Å²) in [6, 6.07) is 8.51. The highest BCUT2D eigenvalue weighted by atomic mass is 19.3. The molecule has 0 spiro atoms. The van der Waals surface area contributed by atoms with Gasteiger partial charge >= 0.3 is 5.92 Å². The van der Waals surface area contributed by atoms with Crippen molar-refractivity contribution in [2.45, 2.75) is 12.8 Å². The van der Waals surface area contributed by atoms with Gasteiger partial charge in [-0.05, 0) is 43.3 Å². The van der Waals surface area contributed by atoms with Crippen LogP contribution in [0.2, 0.25) is 0 Å². The molecule has 3 rings (SSSR count). The van der Waals surface area contributed by atoms with Crippen molar-refractivity contribution in [1.82, 2.24) is 9.97 Å². The zero-order chi connectivity index (χ0) is 19.4. The quantitative estimate of drug-likeness (QED) is 0.586. The lowest BCUT2D eigenvalue weighted by Gasteiger charge is -2.15. The fraction of sp³-hybridized carbons (Fsp3) is 0.200. The number of rotatable bonds is 6. The molecule has 0 saturated carbocycles. The predicted molar refractivity (Wildman–Crippen MR) is 95.1 cm³/mol. The van der Waals surface area contributed by atoms with Crippen molar-refractivity contribution in [2.24, 2.45) is 0 Å². The number of ether oxygens (including phenoxy) is 2. The van der Waals surface area contributed by atoms with E-state index < -0.39 is 18.2 Å². The smallest absolute Gasteiger partial charge is 0.301 e. The molecule has 0 aliphatic heterocycles. The minimum absolute atomic E-state index is 0.271. The lowest BCUT2D eigenvalue weighted by atomic mass is 10.1. The molecule has 140 valence electrons. The molecular formula is C20H17F3N2O2. The fourth-order valence-corrected chi connectivity index (χ4v) is 2.65. The number of aromatic nitrogens is 2. The molecule has 0 aliphatic carbocycles. The van der Waals surface area contributed by atoms with E-state index in [9.17, 15) is 13.2 Å². The molecule has 2 aromatic heterocycles. The monoisotopic (exact) mass is 374 g/mol. The number of nitrogens with zero attached hydrogens (tertiary/aromatic N) is 2. The minimum Gasteiger partial charge on any atom is -0.496 e. The molecule has 0 aliphatic rings. The van der Waals surface area contributed by atoms with Crippen molar-refractivity contribution in [3.05, 3.63) is 66.1 Å². The first kappa shape index (κ1) is 18.7. The van der Waals surface area contributed by atoms with Gasteiger partial charge in [-0.1, -0.05) is 0 Å². The van der Waals surface area contributed by atoms with Crippen molar-refractivity contribution in [2.75, 3.05) is 13.8 Å². The number of hydrogen-bond donors (Lipinski definition) is 0. The van der Waals surface area contributed by atoms with Gasteiger partial charge in [0.25, 0.3) is 0 Å². The Morgan fingerprint density at radius 3 is 2.44 bits per heavy atom. The molecule has 0 amide bonds. The number of benzene rings is 1. The van der Waals surface area contributed by atoms with Gasteiger partial charge < -0.3 is 9.47 Å². The first-order valence-corrected chi connectivity index (χ1v) is 8.12. The fourth-order valence-electron chi connectivity index (χ4n) is 2.65. The van der Waals surface area contributed by atoms with Gasteiger partial charge in [0.15, 0.2) is 6.67 Å². The van der Waals surface area contributed by atoms with Crippen LogP contribution in [-0.4, -0.2) is 23.8 Å². The van der Waals surface area contributed by atoms with E-state index in [1.807, 2.05) is 6.92 Å².